The molecule has 4 nitrogen and oxygen atoms in total. The minimum absolute atomic E-state index is 0.0355. The van der Waals surface area contributed by atoms with Crippen LogP contribution in [0.15, 0.2) is 59.8 Å². The summed E-state index contributed by atoms with van der Waals surface area (Å²) in [4.78, 5) is 19.8. The van der Waals surface area contributed by atoms with E-state index in [4.69, 9.17) is 0 Å². The van der Waals surface area contributed by atoms with Gasteiger partial charge in [-0.15, -0.1) is 0 Å². The summed E-state index contributed by atoms with van der Waals surface area (Å²) >= 11 is 1.42. The Morgan fingerprint density at radius 1 is 1.14 bits per heavy atom. The molecule has 1 heterocycles. The summed E-state index contributed by atoms with van der Waals surface area (Å²) in [6.45, 7) is 1.87. The summed E-state index contributed by atoms with van der Waals surface area (Å²) in [5, 5.41) is 3.42. The van der Waals surface area contributed by atoms with Crippen LogP contribution in [0, 0.1) is 0 Å². The summed E-state index contributed by atoms with van der Waals surface area (Å²) in [6.07, 6.45) is 0. The molecule has 0 fully saturated rings. The first-order valence-electron chi connectivity index (χ1n) is 6.70. The fraction of sp³-hybridized carbons (Fsp3) is 0.125. The summed E-state index contributed by atoms with van der Waals surface area (Å²) in [7, 11) is 0. The molecule has 0 aliphatic heterocycles. The number of nitrogens with zero attached hydrogens (tertiary/aromatic N) is 1. The monoisotopic (exact) mass is 297 g/mol. The standard InChI is InChI=1S/C16H15N3OS/c1-11(15(20)17-12-7-3-2-4-8-12)21-16-18-13-9-5-6-10-14(13)19-16/h2-11H,1H3,(H,17,20)(H,18,19). The van der Waals surface area contributed by atoms with Gasteiger partial charge >= 0.3 is 0 Å². The van der Waals surface area contributed by atoms with Crippen molar-refractivity contribution in [2.24, 2.45) is 0 Å². The summed E-state index contributed by atoms with van der Waals surface area (Å²) < 4.78 is 0. The zero-order chi connectivity index (χ0) is 14.7. The average molecular weight is 297 g/mol. The Labute approximate surface area is 127 Å². The molecule has 5 heteroatoms. The molecule has 0 radical (unpaired) electrons. The number of thioether (sulfide) groups is 1. The number of anilines is 1. The van der Waals surface area contributed by atoms with Gasteiger partial charge in [0.15, 0.2) is 5.16 Å². The zero-order valence-electron chi connectivity index (χ0n) is 11.5. The van der Waals surface area contributed by atoms with E-state index in [-0.39, 0.29) is 11.2 Å². The number of hydrogen-bond donors (Lipinski definition) is 2. The maximum Gasteiger partial charge on any atom is 0.237 e. The Balaban J connectivity index is 1.67. The number of fused-ring (bicyclic) bond motifs is 1. The number of hydrogen-bond acceptors (Lipinski definition) is 3. The third kappa shape index (κ3) is 3.25. The van der Waals surface area contributed by atoms with E-state index in [9.17, 15) is 4.79 Å². The van der Waals surface area contributed by atoms with Crippen molar-refractivity contribution in [2.45, 2.75) is 17.3 Å². The fourth-order valence-electron chi connectivity index (χ4n) is 1.97. The Morgan fingerprint density at radius 3 is 2.62 bits per heavy atom. The second kappa shape index (κ2) is 6.01. The van der Waals surface area contributed by atoms with Crippen molar-refractivity contribution in [3.05, 3.63) is 54.6 Å². The summed E-state index contributed by atoms with van der Waals surface area (Å²) in [5.41, 5.74) is 2.70. The van der Waals surface area contributed by atoms with E-state index >= 15 is 0 Å². The van der Waals surface area contributed by atoms with Gasteiger partial charge in [0.05, 0.1) is 16.3 Å². The van der Waals surface area contributed by atoms with Gasteiger partial charge in [-0.1, -0.05) is 42.1 Å². The number of carbonyl (C=O) groups is 1. The fourth-order valence-corrected chi connectivity index (χ4v) is 2.79. The molecular formula is C16H15N3OS. The summed E-state index contributed by atoms with van der Waals surface area (Å²) in [5.74, 6) is -0.0355. The van der Waals surface area contributed by atoms with E-state index in [0.29, 0.717) is 0 Å². The van der Waals surface area contributed by atoms with Gasteiger partial charge in [-0.25, -0.2) is 4.98 Å². The molecule has 1 atom stereocenters. The number of aromatic nitrogens is 2. The van der Waals surface area contributed by atoms with Crippen LogP contribution in [-0.2, 0) is 4.79 Å². The molecule has 0 saturated heterocycles. The zero-order valence-corrected chi connectivity index (χ0v) is 12.4. The lowest BCUT2D eigenvalue weighted by atomic mass is 10.3. The third-order valence-electron chi connectivity index (χ3n) is 3.07. The number of para-hydroxylation sites is 3. The van der Waals surface area contributed by atoms with Gasteiger partial charge in [0.25, 0.3) is 0 Å². The predicted octanol–water partition coefficient (Wildman–Crippen LogP) is 3.68. The Kier molecular flexibility index (Phi) is 3.92. The first kappa shape index (κ1) is 13.7. The summed E-state index contributed by atoms with van der Waals surface area (Å²) in [6, 6.07) is 17.3. The van der Waals surface area contributed by atoms with Crippen molar-refractivity contribution >= 4 is 34.4 Å². The van der Waals surface area contributed by atoms with E-state index in [1.807, 2.05) is 61.5 Å². The second-order valence-corrected chi connectivity index (χ2v) is 6.00. The molecule has 0 saturated carbocycles. The molecule has 21 heavy (non-hydrogen) atoms. The number of aromatic amines is 1. The highest BCUT2D eigenvalue weighted by Crippen LogP contribution is 2.24. The molecular weight excluding hydrogens is 282 g/mol. The largest absolute Gasteiger partial charge is 0.333 e. The van der Waals surface area contributed by atoms with Gasteiger partial charge < -0.3 is 10.3 Å². The van der Waals surface area contributed by atoms with E-state index in [2.05, 4.69) is 15.3 Å². The highest BCUT2D eigenvalue weighted by molar-refractivity contribution is 8.00. The lowest BCUT2D eigenvalue weighted by molar-refractivity contribution is -0.115. The Morgan fingerprint density at radius 2 is 1.86 bits per heavy atom. The Hall–Kier alpha value is -2.27. The molecule has 2 aromatic carbocycles. The average Bonchev–Trinajstić information content (AvgIpc) is 2.90. The van der Waals surface area contributed by atoms with Crippen LogP contribution in [0.4, 0.5) is 5.69 Å². The maximum atomic E-state index is 12.2. The lowest BCUT2D eigenvalue weighted by Gasteiger charge is -2.10. The maximum absolute atomic E-state index is 12.2. The molecule has 3 aromatic rings. The van der Waals surface area contributed by atoms with E-state index in [0.717, 1.165) is 21.9 Å². The smallest absolute Gasteiger partial charge is 0.237 e. The quantitative estimate of drug-likeness (QED) is 0.722. The number of carbonyl (C=O) groups excluding carboxylic acids is 1. The molecule has 106 valence electrons. The highest BCUT2D eigenvalue weighted by Gasteiger charge is 2.16. The number of nitrogens with one attached hydrogen (secondary N) is 2. The molecule has 1 aromatic heterocycles. The molecule has 1 unspecified atom stereocenters. The number of rotatable bonds is 4. The van der Waals surface area contributed by atoms with Gasteiger partial charge in [-0.05, 0) is 31.2 Å². The van der Waals surface area contributed by atoms with Gasteiger partial charge in [-0.2, -0.15) is 0 Å². The molecule has 2 N–H and O–H groups in total. The van der Waals surface area contributed by atoms with E-state index in [1.54, 1.807) is 0 Å². The van der Waals surface area contributed by atoms with Crippen molar-refractivity contribution in [3.63, 3.8) is 0 Å². The van der Waals surface area contributed by atoms with Crippen molar-refractivity contribution in [1.82, 2.24) is 9.97 Å². The molecule has 1 amide bonds. The number of H-pyrrole nitrogens is 1. The van der Waals surface area contributed by atoms with Gasteiger partial charge in [0.1, 0.15) is 0 Å². The van der Waals surface area contributed by atoms with Crippen LogP contribution in [-0.4, -0.2) is 21.1 Å². The SMILES string of the molecule is CC(Sc1nc2ccccc2[nH]1)C(=O)Nc1ccccc1. The van der Waals surface area contributed by atoms with Crippen molar-refractivity contribution in [2.75, 3.05) is 5.32 Å². The highest BCUT2D eigenvalue weighted by atomic mass is 32.2. The normalized spacial score (nSPS) is 12.2. The van der Waals surface area contributed by atoms with Crippen LogP contribution < -0.4 is 5.32 Å². The second-order valence-electron chi connectivity index (χ2n) is 4.67. The molecule has 0 bridgehead atoms. The van der Waals surface area contributed by atoms with Crippen LogP contribution >= 0.6 is 11.8 Å². The van der Waals surface area contributed by atoms with Crippen LogP contribution in [0.2, 0.25) is 0 Å². The molecule has 0 aliphatic carbocycles. The lowest BCUT2D eigenvalue weighted by Crippen LogP contribution is -2.22. The first-order chi connectivity index (χ1) is 10.2. The minimum atomic E-state index is -0.231. The first-order valence-corrected chi connectivity index (χ1v) is 7.57. The van der Waals surface area contributed by atoms with Gasteiger partial charge in [0.2, 0.25) is 5.91 Å². The number of imidazole rings is 1. The number of amides is 1. The topological polar surface area (TPSA) is 57.8 Å². The van der Waals surface area contributed by atoms with E-state index in [1.165, 1.54) is 11.8 Å². The van der Waals surface area contributed by atoms with Gasteiger partial charge in [-0.3, -0.25) is 4.79 Å². The Bertz CT molecular complexity index is 721. The van der Waals surface area contributed by atoms with Crippen LogP contribution in [0.25, 0.3) is 11.0 Å². The third-order valence-corrected chi connectivity index (χ3v) is 4.05. The molecule has 0 spiro atoms. The molecule has 3 rings (SSSR count). The van der Waals surface area contributed by atoms with Crippen molar-refractivity contribution < 1.29 is 4.79 Å². The van der Waals surface area contributed by atoms with Crippen LogP contribution in [0.3, 0.4) is 0 Å². The minimum Gasteiger partial charge on any atom is -0.333 e. The van der Waals surface area contributed by atoms with Crippen molar-refractivity contribution in [3.8, 4) is 0 Å². The molecule has 0 aliphatic rings. The predicted molar refractivity (Wildman–Crippen MR) is 86.5 cm³/mol. The van der Waals surface area contributed by atoms with Crippen LogP contribution in [0.5, 0.6) is 0 Å². The van der Waals surface area contributed by atoms with Crippen LogP contribution in [0.1, 0.15) is 6.92 Å². The van der Waals surface area contributed by atoms with E-state index < -0.39 is 0 Å². The van der Waals surface area contributed by atoms with Crippen molar-refractivity contribution in [1.29, 1.82) is 0 Å². The number of benzene rings is 2. The van der Waals surface area contributed by atoms with Gasteiger partial charge in [0, 0.05) is 5.69 Å².